The lowest BCUT2D eigenvalue weighted by molar-refractivity contribution is -0.152. The van der Waals surface area contributed by atoms with E-state index in [1.807, 2.05) is 0 Å². The first-order valence-corrected chi connectivity index (χ1v) is 38.4. The molecule has 6 saturated carbocycles. The fourth-order valence-corrected chi connectivity index (χ4v) is 21.6. The minimum atomic E-state index is -0.516. The molecule has 8 heteroatoms. The van der Waals surface area contributed by atoms with Gasteiger partial charge in [-0.25, -0.2) is 4.79 Å². The van der Waals surface area contributed by atoms with Crippen LogP contribution in [0.25, 0.3) is 0 Å². The first-order chi connectivity index (χ1) is 42.7. The van der Waals surface area contributed by atoms with Gasteiger partial charge in [0.1, 0.15) is 12.2 Å². The van der Waals surface area contributed by atoms with Crippen molar-refractivity contribution in [1.82, 2.24) is 0 Å². The number of esters is 4. The Kier molecular flexibility index (Phi) is 27.5. The molecule has 506 valence electrons. The van der Waals surface area contributed by atoms with Crippen LogP contribution in [0.15, 0.2) is 35.5 Å². The zero-order valence-electron chi connectivity index (χ0n) is 59.1. The summed E-state index contributed by atoms with van der Waals surface area (Å²) in [4.78, 5) is 51.0. The van der Waals surface area contributed by atoms with Crippen molar-refractivity contribution < 1.29 is 38.1 Å². The lowest BCUT2D eigenvalue weighted by Gasteiger charge is -2.58. The highest BCUT2D eigenvalue weighted by atomic mass is 16.6. The molecule has 8 aliphatic rings. The van der Waals surface area contributed by atoms with E-state index in [-0.39, 0.29) is 47.0 Å². The third-order valence-corrected chi connectivity index (χ3v) is 26.8. The smallest absolute Gasteiger partial charge is 0.333 e. The van der Waals surface area contributed by atoms with E-state index in [1.165, 1.54) is 103 Å². The van der Waals surface area contributed by atoms with Crippen LogP contribution in [0, 0.1) is 92.7 Å². The van der Waals surface area contributed by atoms with E-state index in [2.05, 4.69) is 88.0 Å². The van der Waals surface area contributed by atoms with Crippen molar-refractivity contribution >= 4 is 23.9 Å². The molecule has 89 heavy (non-hydrogen) atoms. The van der Waals surface area contributed by atoms with E-state index in [0.717, 1.165) is 212 Å². The third-order valence-electron chi connectivity index (χ3n) is 26.8. The maximum Gasteiger partial charge on any atom is 0.333 e. The molecule has 0 radical (unpaired) electrons. The van der Waals surface area contributed by atoms with Gasteiger partial charge in [-0.2, -0.15) is 0 Å². The highest BCUT2D eigenvalue weighted by Gasteiger charge is 2.61. The first kappa shape index (κ1) is 71.9. The molecule has 0 unspecified atom stereocenters. The maximum atomic E-state index is 13.0. The lowest BCUT2D eigenvalue weighted by atomic mass is 9.47. The minimum Gasteiger partial charge on any atom is -0.465 e. The van der Waals surface area contributed by atoms with Crippen LogP contribution in [0.1, 0.15) is 332 Å². The fraction of sp³-hybridized carbons (Fsp3) is 0.877. The number of hydrogen-bond acceptors (Lipinski definition) is 8. The van der Waals surface area contributed by atoms with Crippen molar-refractivity contribution in [2.24, 2.45) is 92.7 Å². The molecule has 0 amide bonds. The topological polar surface area (TPSA) is 105 Å². The summed E-state index contributed by atoms with van der Waals surface area (Å²) in [6.07, 6.45) is 51.0. The van der Waals surface area contributed by atoms with Gasteiger partial charge in [-0.1, -0.05) is 215 Å². The normalized spacial score (nSPS) is 33.5. The summed E-state index contributed by atoms with van der Waals surface area (Å²) >= 11 is 0. The monoisotopic (exact) mass is 1240 g/mol. The summed E-state index contributed by atoms with van der Waals surface area (Å²) in [5.74, 6) is 9.12. The molecule has 0 bridgehead atoms. The van der Waals surface area contributed by atoms with Crippen LogP contribution in [-0.2, 0) is 38.1 Å². The molecule has 0 saturated heterocycles. The highest BCUT2D eigenvalue weighted by Crippen LogP contribution is 2.69. The van der Waals surface area contributed by atoms with Crippen LogP contribution in [0.5, 0.6) is 0 Å². The van der Waals surface area contributed by atoms with Crippen molar-refractivity contribution in [2.75, 3.05) is 13.2 Å². The van der Waals surface area contributed by atoms with Gasteiger partial charge in [-0.15, -0.1) is 0 Å². The quantitative estimate of drug-likeness (QED) is 0.0199. The van der Waals surface area contributed by atoms with Gasteiger partial charge in [0.25, 0.3) is 0 Å². The van der Waals surface area contributed by atoms with Crippen molar-refractivity contribution in [2.45, 2.75) is 345 Å². The summed E-state index contributed by atoms with van der Waals surface area (Å²) in [7, 11) is 0. The number of rotatable bonds is 37. The number of carbonyl (C=O) groups excluding carboxylic acids is 4. The summed E-state index contributed by atoms with van der Waals surface area (Å²) in [6.45, 7) is 29.6. The van der Waals surface area contributed by atoms with E-state index in [1.54, 1.807) is 11.1 Å². The molecular formula is C81H134O8. The van der Waals surface area contributed by atoms with Crippen LogP contribution < -0.4 is 0 Å². The Hall–Kier alpha value is -2.90. The summed E-state index contributed by atoms with van der Waals surface area (Å²) < 4.78 is 23.2. The average Bonchev–Trinajstić information content (AvgIpc) is 1.73. The highest BCUT2D eigenvalue weighted by molar-refractivity contribution is 5.93. The van der Waals surface area contributed by atoms with E-state index >= 15 is 0 Å². The van der Waals surface area contributed by atoms with E-state index in [4.69, 9.17) is 18.9 Å². The van der Waals surface area contributed by atoms with E-state index in [0.29, 0.717) is 36.9 Å². The lowest BCUT2D eigenvalue weighted by Crippen LogP contribution is -2.51. The van der Waals surface area contributed by atoms with Crippen molar-refractivity contribution in [3.63, 3.8) is 0 Å². The predicted octanol–water partition coefficient (Wildman–Crippen LogP) is 21.9. The SMILES string of the molecule is C=C(CC(=O)OCCCCCCCCCCC(=O)O[C@H]1CC[C@@]2(C)C(=CC[C@H]3[C@@H]4CC[C@H]([C@H](C)CCCC(C)C)[C@@]4(C)CC[C@@H]32)C1)C(=O)OCCCCCCCCCCC(=O)O[C@H]1CC[C@@]2(C)C(=CC[C@H]3[C@@H]4CC[C@H]([C@H](C)CCCC(C)C)[C@@]4(C)CC[C@@H]32)C1. The number of allylic oxidation sites excluding steroid dienone is 2. The third kappa shape index (κ3) is 18.7. The van der Waals surface area contributed by atoms with Gasteiger partial charge in [-0.3, -0.25) is 14.4 Å². The Morgan fingerprint density at radius 2 is 0.843 bits per heavy atom. The van der Waals surface area contributed by atoms with Crippen LogP contribution in [-0.4, -0.2) is 49.3 Å². The molecular weight excluding hydrogens is 1100 g/mol. The molecule has 6 fully saturated rings. The molecule has 0 aliphatic heterocycles. The largest absolute Gasteiger partial charge is 0.465 e. The number of fused-ring (bicyclic) bond motifs is 10. The number of carbonyl (C=O) groups is 4. The molecule has 0 aromatic heterocycles. The fourth-order valence-electron chi connectivity index (χ4n) is 21.6. The van der Waals surface area contributed by atoms with Gasteiger partial charge in [0.05, 0.1) is 19.6 Å². The Bertz CT molecular complexity index is 2330. The molecule has 0 aromatic rings. The van der Waals surface area contributed by atoms with Gasteiger partial charge in [0, 0.05) is 31.3 Å². The van der Waals surface area contributed by atoms with Crippen molar-refractivity contribution in [3.8, 4) is 0 Å². The Labute approximate surface area is 545 Å². The molecule has 8 rings (SSSR count). The van der Waals surface area contributed by atoms with Crippen molar-refractivity contribution in [3.05, 3.63) is 35.5 Å². The minimum absolute atomic E-state index is 0.0102. The molecule has 0 N–H and O–H groups in total. The van der Waals surface area contributed by atoms with Crippen molar-refractivity contribution in [1.29, 1.82) is 0 Å². The number of unbranched alkanes of at least 4 members (excludes halogenated alkanes) is 14. The Morgan fingerprint density at radius 1 is 0.449 bits per heavy atom. The van der Waals surface area contributed by atoms with Crippen LogP contribution >= 0.6 is 0 Å². The second-order valence-electron chi connectivity index (χ2n) is 33.6. The average molecular weight is 1240 g/mol. The summed E-state index contributed by atoms with van der Waals surface area (Å²) in [5.41, 5.74) is 4.93. The molecule has 16 atom stereocenters. The van der Waals surface area contributed by atoms with Gasteiger partial charge in [0.15, 0.2) is 0 Å². The van der Waals surface area contributed by atoms with E-state index < -0.39 is 11.9 Å². The van der Waals surface area contributed by atoms with E-state index in [9.17, 15) is 19.2 Å². The maximum absolute atomic E-state index is 13.0. The Balaban J connectivity index is 0.569. The molecule has 8 nitrogen and oxygen atoms in total. The zero-order valence-corrected chi connectivity index (χ0v) is 59.1. The second-order valence-corrected chi connectivity index (χ2v) is 33.6. The molecule has 0 aromatic carbocycles. The summed E-state index contributed by atoms with van der Waals surface area (Å²) in [5, 5.41) is 0. The molecule has 8 aliphatic carbocycles. The van der Waals surface area contributed by atoms with Gasteiger partial charge in [0.2, 0.25) is 0 Å². The molecule has 0 spiro atoms. The first-order valence-electron chi connectivity index (χ1n) is 38.4. The number of ether oxygens (including phenoxy) is 4. The van der Waals surface area contributed by atoms with Gasteiger partial charge in [-0.05, 0) is 208 Å². The van der Waals surface area contributed by atoms with Gasteiger partial charge < -0.3 is 18.9 Å². The van der Waals surface area contributed by atoms with Gasteiger partial charge >= 0.3 is 23.9 Å². The van der Waals surface area contributed by atoms with Crippen LogP contribution in [0.4, 0.5) is 0 Å². The van der Waals surface area contributed by atoms with Crippen LogP contribution in [0.3, 0.4) is 0 Å². The Morgan fingerprint density at radius 3 is 1.26 bits per heavy atom. The second kappa shape index (κ2) is 34.0. The predicted molar refractivity (Wildman–Crippen MR) is 365 cm³/mol. The summed E-state index contributed by atoms with van der Waals surface area (Å²) in [6, 6.07) is 0. The molecule has 0 heterocycles. The van der Waals surface area contributed by atoms with Crippen LogP contribution in [0.2, 0.25) is 0 Å². The number of hydrogen-bond donors (Lipinski definition) is 0. The zero-order chi connectivity index (χ0) is 63.8. The standard InChI is InChI=1S/C81H134O8/c1-57(2)30-28-32-59(5)68-40-42-70-66-38-36-62-55-64(44-48-78(62,8)72(66)46-50-80(68,70)10)88-74(82)34-24-20-16-12-14-18-22-26-52-86-76(84)54-61(7)77(85)87-53-27-23-19-15-13-17-21-25-35-75(83)89-65-45-49-79(9)63(56-65)37-39-67-71-43-41-69(60(6)33-29-31-58(3)4)81(71,11)51-47-73(67)79/h36-37,57-60,64-73H,7,12-35,38-56H2,1-6,8-11H3/t59-,60-,64+,65+,66+,67+,68-,69-,70+,71+,72+,73+,78+,79+,80-,81-/m1/s1.